The molecular formula is C13H22N2O4. The van der Waals surface area contributed by atoms with Gasteiger partial charge in [0.1, 0.15) is 0 Å². The second-order valence-electron chi connectivity index (χ2n) is 5.71. The number of hydrogen-bond donors (Lipinski definition) is 2. The molecule has 0 bridgehead atoms. The number of carbonyl (C=O) groups excluding carboxylic acids is 1. The Morgan fingerprint density at radius 3 is 2.42 bits per heavy atom. The van der Waals surface area contributed by atoms with Crippen molar-refractivity contribution in [2.75, 3.05) is 19.6 Å². The zero-order valence-electron chi connectivity index (χ0n) is 11.5. The minimum absolute atomic E-state index is 0.0708. The van der Waals surface area contributed by atoms with Crippen molar-refractivity contribution in [3.63, 3.8) is 0 Å². The summed E-state index contributed by atoms with van der Waals surface area (Å²) < 4.78 is 5.35. The fourth-order valence-corrected chi connectivity index (χ4v) is 2.65. The molecule has 2 heterocycles. The van der Waals surface area contributed by atoms with E-state index in [1.807, 2.05) is 4.90 Å². The minimum Gasteiger partial charge on any atom is -0.479 e. The number of carboxylic acid groups (broad SMARTS) is 1. The van der Waals surface area contributed by atoms with E-state index in [2.05, 4.69) is 19.2 Å². The van der Waals surface area contributed by atoms with E-state index >= 15 is 0 Å². The molecule has 0 aromatic heterocycles. The Balaban J connectivity index is 1.72. The normalized spacial score (nSPS) is 34.5. The van der Waals surface area contributed by atoms with Gasteiger partial charge in [-0.3, -0.25) is 0 Å². The van der Waals surface area contributed by atoms with Gasteiger partial charge in [-0.1, -0.05) is 13.8 Å². The molecule has 6 heteroatoms. The summed E-state index contributed by atoms with van der Waals surface area (Å²) in [5.74, 6) is 0.144. The Morgan fingerprint density at radius 2 is 1.89 bits per heavy atom. The number of hydrogen-bond acceptors (Lipinski definition) is 3. The maximum Gasteiger partial charge on any atom is 0.332 e. The van der Waals surface area contributed by atoms with Crippen LogP contribution in [0.1, 0.15) is 26.7 Å². The summed E-state index contributed by atoms with van der Waals surface area (Å²) in [7, 11) is 0. The minimum atomic E-state index is -0.920. The summed E-state index contributed by atoms with van der Waals surface area (Å²) in [5.41, 5.74) is 0. The molecule has 2 saturated heterocycles. The van der Waals surface area contributed by atoms with Crippen LogP contribution < -0.4 is 5.32 Å². The molecule has 0 saturated carbocycles. The van der Waals surface area contributed by atoms with E-state index in [1.165, 1.54) is 0 Å². The van der Waals surface area contributed by atoms with E-state index in [4.69, 9.17) is 9.84 Å². The van der Waals surface area contributed by atoms with Gasteiger partial charge in [0, 0.05) is 19.6 Å². The smallest absolute Gasteiger partial charge is 0.332 e. The van der Waals surface area contributed by atoms with Crippen molar-refractivity contribution < 1.29 is 19.4 Å². The fraction of sp³-hybridized carbons (Fsp3) is 0.846. The lowest BCUT2D eigenvalue weighted by Crippen LogP contribution is -2.42. The SMILES string of the molecule is CC1CN(C(=O)NCC2CCC(C(=O)O)O2)CC1C. The highest BCUT2D eigenvalue weighted by molar-refractivity contribution is 5.74. The van der Waals surface area contributed by atoms with E-state index in [1.54, 1.807) is 0 Å². The zero-order valence-corrected chi connectivity index (χ0v) is 11.5. The second-order valence-corrected chi connectivity index (χ2v) is 5.71. The molecule has 0 aromatic carbocycles. The summed E-state index contributed by atoms with van der Waals surface area (Å²) >= 11 is 0. The number of likely N-dealkylation sites (tertiary alicyclic amines) is 1. The maximum absolute atomic E-state index is 12.0. The highest BCUT2D eigenvalue weighted by Gasteiger charge is 2.32. The van der Waals surface area contributed by atoms with Crippen molar-refractivity contribution in [1.29, 1.82) is 0 Å². The number of urea groups is 1. The Hall–Kier alpha value is -1.30. The van der Waals surface area contributed by atoms with Gasteiger partial charge in [0.15, 0.2) is 6.10 Å². The van der Waals surface area contributed by atoms with Gasteiger partial charge < -0.3 is 20.1 Å². The Morgan fingerprint density at radius 1 is 1.26 bits per heavy atom. The summed E-state index contributed by atoms with van der Waals surface area (Å²) in [6.45, 7) is 6.26. The lowest BCUT2D eigenvalue weighted by Gasteiger charge is -2.19. The third-order valence-electron chi connectivity index (χ3n) is 4.14. The van der Waals surface area contributed by atoms with Crippen molar-refractivity contribution in [2.45, 2.75) is 38.9 Å². The van der Waals surface area contributed by atoms with Gasteiger partial charge in [-0.25, -0.2) is 9.59 Å². The van der Waals surface area contributed by atoms with Gasteiger partial charge in [0.2, 0.25) is 0 Å². The highest BCUT2D eigenvalue weighted by Crippen LogP contribution is 2.22. The van der Waals surface area contributed by atoms with Gasteiger partial charge in [0.05, 0.1) is 6.10 Å². The van der Waals surface area contributed by atoms with Crippen molar-refractivity contribution in [3.05, 3.63) is 0 Å². The molecular weight excluding hydrogens is 248 g/mol. The van der Waals surface area contributed by atoms with Crippen LogP contribution in [0.4, 0.5) is 4.79 Å². The summed E-state index contributed by atoms with van der Waals surface area (Å²) in [5, 5.41) is 11.7. The van der Waals surface area contributed by atoms with E-state index in [9.17, 15) is 9.59 Å². The lowest BCUT2D eigenvalue weighted by atomic mass is 10.0. The number of nitrogens with one attached hydrogen (secondary N) is 1. The van der Waals surface area contributed by atoms with E-state index < -0.39 is 12.1 Å². The lowest BCUT2D eigenvalue weighted by molar-refractivity contribution is -0.149. The number of aliphatic carboxylic acids is 1. The Labute approximate surface area is 113 Å². The number of amides is 2. The predicted octanol–water partition coefficient (Wildman–Crippen LogP) is 0.916. The quantitative estimate of drug-likeness (QED) is 0.799. The molecule has 0 aromatic rings. The second kappa shape index (κ2) is 5.77. The van der Waals surface area contributed by atoms with E-state index in [-0.39, 0.29) is 12.1 Å². The average Bonchev–Trinajstić information content (AvgIpc) is 2.94. The monoisotopic (exact) mass is 270 g/mol. The van der Waals surface area contributed by atoms with Crippen LogP contribution in [0, 0.1) is 11.8 Å². The van der Waals surface area contributed by atoms with Crippen molar-refractivity contribution in [3.8, 4) is 0 Å². The van der Waals surface area contributed by atoms with Gasteiger partial charge in [-0.05, 0) is 24.7 Å². The summed E-state index contributed by atoms with van der Waals surface area (Å²) in [4.78, 5) is 24.5. The van der Waals surface area contributed by atoms with E-state index in [0.717, 1.165) is 13.1 Å². The first kappa shape index (κ1) is 14.1. The van der Waals surface area contributed by atoms with Crippen LogP contribution in [-0.4, -0.2) is 53.8 Å². The van der Waals surface area contributed by atoms with Crippen molar-refractivity contribution >= 4 is 12.0 Å². The number of nitrogens with zero attached hydrogens (tertiary/aromatic N) is 1. The maximum atomic E-state index is 12.0. The first-order chi connectivity index (χ1) is 8.97. The number of carbonyl (C=O) groups is 2. The molecule has 2 amide bonds. The third kappa shape index (κ3) is 3.37. The van der Waals surface area contributed by atoms with Gasteiger partial charge in [-0.15, -0.1) is 0 Å². The fourth-order valence-electron chi connectivity index (χ4n) is 2.65. The molecule has 0 radical (unpaired) electrons. The van der Waals surface area contributed by atoms with Gasteiger partial charge in [-0.2, -0.15) is 0 Å². The molecule has 2 aliphatic heterocycles. The largest absolute Gasteiger partial charge is 0.479 e. The standard InChI is InChI=1S/C13H22N2O4/c1-8-6-15(7-9(8)2)13(18)14-5-10-3-4-11(19-10)12(16)17/h8-11H,3-7H2,1-2H3,(H,14,18)(H,16,17). The molecule has 0 aliphatic carbocycles. The van der Waals surface area contributed by atoms with Crippen LogP contribution in [0.15, 0.2) is 0 Å². The molecule has 2 rings (SSSR count). The predicted molar refractivity (Wildman–Crippen MR) is 68.8 cm³/mol. The van der Waals surface area contributed by atoms with Gasteiger partial charge in [0.25, 0.3) is 0 Å². The van der Waals surface area contributed by atoms with Crippen LogP contribution in [-0.2, 0) is 9.53 Å². The zero-order chi connectivity index (χ0) is 14.0. The summed E-state index contributed by atoms with van der Waals surface area (Å²) in [6.07, 6.45) is 0.314. The van der Waals surface area contributed by atoms with Crippen LogP contribution in [0.5, 0.6) is 0 Å². The van der Waals surface area contributed by atoms with Crippen molar-refractivity contribution in [2.24, 2.45) is 11.8 Å². The molecule has 2 fully saturated rings. The molecule has 0 spiro atoms. The van der Waals surface area contributed by atoms with Crippen molar-refractivity contribution in [1.82, 2.24) is 10.2 Å². The highest BCUT2D eigenvalue weighted by atomic mass is 16.5. The van der Waals surface area contributed by atoms with E-state index in [0.29, 0.717) is 31.2 Å². The molecule has 4 atom stereocenters. The first-order valence-corrected chi connectivity index (χ1v) is 6.88. The molecule has 2 aliphatic rings. The summed E-state index contributed by atoms with van der Waals surface area (Å²) in [6, 6.07) is -0.0708. The molecule has 2 N–H and O–H groups in total. The molecule has 19 heavy (non-hydrogen) atoms. The number of ether oxygens (including phenoxy) is 1. The number of carboxylic acids is 1. The molecule has 4 unspecified atom stereocenters. The van der Waals surface area contributed by atoms with Crippen LogP contribution >= 0.6 is 0 Å². The first-order valence-electron chi connectivity index (χ1n) is 6.88. The molecule has 6 nitrogen and oxygen atoms in total. The Bertz CT molecular complexity index is 351. The average molecular weight is 270 g/mol. The van der Waals surface area contributed by atoms with Crippen LogP contribution in [0.2, 0.25) is 0 Å². The third-order valence-corrected chi connectivity index (χ3v) is 4.14. The Kier molecular flexibility index (Phi) is 4.29. The number of rotatable bonds is 3. The van der Waals surface area contributed by atoms with Crippen LogP contribution in [0.25, 0.3) is 0 Å². The topological polar surface area (TPSA) is 78.9 Å². The van der Waals surface area contributed by atoms with Crippen LogP contribution in [0.3, 0.4) is 0 Å². The van der Waals surface area contributed by atoms with Gasteiger partial charge >= 0.3 is 12.0 Å². The molecule has 108 valence electrons.